The summed E-state index contributed by atoms with van der Waals surface area (Å²) in [5.74, 6) is -1.40. The van der Waals surface area contributed by atoms with Crippen LogP contribution in [0.15, 0.2) is 54.2 Å². The lowest BCUT2D eigenvalue weighted by Gasteiger charge is -2.26. The number of Topliss-reactive ketones (excluding diaryl/α,β-unsaturated/α-hetero) is 1. The Hall–Kier alpha value is -2.99. The van der Waals surface area contributed by atoms with Gasteiger partial charge in [0.05, 0.1) is 11.3 Å². The van der Waals surface area contributed by atoms with Gasteiger partial charge in [0.25, 0.3) is 11.7 Å². The first-order valence-electron chi connectivity index (χ1n) is 10.5. The van der Waals surface area contributed by atoms with Gasteiger partial charge in [0, 0.05) is 18.3 Å². The Morgan fingerprint density at radius 3 is 2.40 bits per heavy atom. The lowest BCUT2D eigenvalue weighted by atomic mass is 9.98. The highest BCUT2D eigenvalue weighted by molar-refractivity contribution is 6.46. The second-order valence-corrected chi connectivity index (χ2v) is 7.49. The predicted molar refractivity (Wildman–Crippen MR) is 117 cm³/mol. The summed E-state index contributed by atoms with van der Waals surface area (Å²) in [6.45, 7) is 9.29. The molecule has 0 bridgehead atoms. The fourth-order valence-electron chi connectivity index (χ4n) is 3.83. The van der Waals surface area contributed by atoms with E-state index in [-0.39, 0.29) is 11.3 Å². The van der Waals surface area contributed by atoms with E-state index in [0.29, 0.717) is 17.8 Å². The molecular weight excluding hydrogens is 378 g/mol. The fourth-order valence-corrected chi connectivity index (χ4v) is 3.83. The number of carbonyl (C=O) groups excluding carboxylic acids is 2. The highest BCUT2D eigenvalue weighted by Gasteiger charge is 2.46. The van der Waals surface area contributed by atoms with Crippen molar-refractivity contribution < 1.29 is 14.7 Å². The van der Waals surface area contributed by atoms with E-state index in [1.165, 1.54) is 0 Å². The molecule has 1 aliphatic heterocycles. The first-order valence-corrected chi connectivity index (χ1v) is 10.5. The second kappa shape index (κ2) is 9.67. The third-order valence-electron chi connectivity index (χ3n) is 5.60. The molecule has 2 aromatic rings. The van der Waals surface area contributed by atoms with E-state index in [1.54, 1.807) is 35.4 Å². The Morgan fingerprint density at radius 2 is 1.80 bits per heavy atom. The van der Waals surface area contributed by atoms with Crippen molar-refractivity contribution in [3.05, 3.63) is 71.1 Å². The molecule has 0 unspecified atom stereocenters. The first kappa shape index (κ1) is 21.7. The zero-order valence-electron chi connectivity index (χ0n) is 17.8. The van der Waals surface area contributed by atoms with Crippen molar-refractivity contribution in [3.63, 3.8) is 0 Å². The Kier molecular flexibility index (Phi) is 7.00. The minimum absolute atomic E-state index is 0.102. The quantitative estimate of drug-likeness (QED) is 0.412. The van der Waals surface area contributed by atoms with E-state index in [2.05, 4.69) is 23.7 Å². The van der Waals surface area contributed by atoms with Crippen LogP contribution in [0.5, 0.6) is 0 Å². The molecule has 158 valence electrons. The van der Waals surface area contributed by atoms with Crippen LogP contribution < -0.4 is 0 Å². The summed E-state index contributed by atoms with van der Waals surface area (Å²) < 4.78 is 0. The molecule has 0 spiro atoms. The van der Waals surface area contributed by atoms with Crippen LogP contribution in [0.1, 0.15) is 43.1 Å². The molecule has 0 saturated carbocycles. The molecule has 2 heterocycles. The Balaban J connectivity index is 1.99. The summed E-state index contributed by atoms with van der Waals surface area (Å²) in [4.78, 5) is 34.1. The summed E-state index contributed by atoms with van der Waals surface area (Å²) in [5, 5.41) is 11.0. The van der Waals surface area contributed by atoms with E-state index < -0.39 is 17.7 Å². The fraction of sp³-hybridized carbons (Fsp3) is 0.375. The van der Waals surface area contributed by atoms with Gasteiger partial charge in [-0.25, -0.2) is 0 Å². The normalized spacial score (nSPS) is 18.4. The van der Waals surface area contributed by atoms with Crippen molar-refractivity contribution in [1.82, 2.24) is 14.8 Å². The summed E-state index contributed by atoms with van der Waals surface area (Å²) in [5.41, 5.74) is 2.24. The van der Waals surface area contributed by atoms with Gasteiger partial charge in [-0.05, 0) is 45.1 Å². The Bertz CT molecular complexity index is 918. The molecular formula is C24H29N3O3. The average molecular weight is 408 g/mol. The van der Waals surface area contributed by atoms with Gasteiger partial charge in [0.2, 0.25) is 0 Å². The summed E-state index contributed by atoms with van der Waals surface area (Å²) >= 11 is 0. The van der Waals surface area contributed by atoms with Gasteiger partial charge in [0.15, 0.2) is 0 Å². The van der Waals surface area contributed by atoms with Crippen LogP contribution in [0.2, 0.25) is 0 Å². The molecule has 1 amide bonds. The van der Waals surface area contributed by atoms with Crippen molar-refractivity contribution in [1.29, 1.82) is 0 Å². The number of rotatable bonds is 8. The third kappa shape index (κ3) is 4.44. The van der Waals surface area contributed by atoms with Crippen molar-refractivity contribution in [2.24, 2.45) is 0 Å². The number of benzene rings is 1. The van der Waals surface area contributed by atoms with Crippen LogP contribution in [0.3, 0.4) is 0 Å². The van der Waals surface area contributed by atoms with Gasteiger partial charge in [-0.3, -0.25) is 14.6 Å². The maximum atomic E-state index is 12.9. The molecule has 1 saturated heterocycles. The Morgan fingerprint density at radius 1 is 1.10 bits per heavy atom. The molecule has 0 radical (unpaired) electrons. The van der Waals surface area contributed by atoms with Crippen LogP contribution >= 0.6 is 0 Å². The highest BCUT2D eigenvalue weighted by Crippen LogP contribution is 2.38. The molecule has 1 aliphatic rings. The highest BCUT2D eigenvalue weighted by atomic mass is 16.3. The predicted octanol–water partition coefficient (Wildman–Crippen LogP) is 3.54. The van der Waals surface area contributed by atoms with Crippen LogP contribution in [0.25, 0.3) is 5.76 Å². The largest absolute Gasteiger partial charge is 0.507 e. The van der Waals surface area contributed by atoms with E-state index >= 15 is 0 Å². The number of aliphatic hydroxyl groups is 1. The number of hydrogen-bond donors (Lipinski definition) is 1. The van der Waals surface area contributed by atoms with Gasteiger partial charge < -0.3 is 14.9 Å². The SMILES string of the molecule is CCN(CC)CCCN1C(=O)C(=O)/C(=C(\O)c2ccc(C)cc2)[C@H]1c1ccccn1. The van der Waals surface area contributed by atoms with Gasteiger partial charge in [0.1, 0.15) is 11.8 Å². The Labute approximate surface area is 177 Å². The number of aryl methyl sites for hydroxylation is 1. The van der Waals surface area contributed by atoms with Crippen LogP contribution in [0, 0.1) is 6.92 Å². The van der Waals surface area contributed by atoms with Gasteiger partial charge in [-0.2, -0.15) is 0 Å². The maximum Gasteiger partial charge on any atom is 0.295 e. The summed E-state index contributed by atoms with van der Waals surface area (Å²) in [6, 6.07) is 12.0. The standard InChI is InChI=1S/C24H29N3O3/c1-4-26(5-2)15-8-16-27-21(19-9-6-7-14-25-19)20(23(29)24(27)30)22(28)18-12-10-17(3)11-13-18/h6-7,9-14,21,28H,4-5,8,15-16H2,1-3H3/b22-20-/t21-/m1/s1. The smallest absolute Gasteiger partial charge is 0.295 e. The molecule has 6 nitrogen and oxygen atoms in total. The molecule has 1 aromatic carbocycles. The molecule has 3 rings (SSSR count). The van der Waals surface area contributed by atoms with E-state index in [0.717, 1.165) is 31.6 Å². The number of amides is 1. The minimum Gasteiger partial charge on any atom is -0.507 e. The van der Waals surface area contributed by atoms with E-state index in [1.807, 2.05) is 25.1 Å². The van der Waals surface area contributed by atoms with Gasteiger partial charge >= 0.3 is 0 Å². The van der Waals surface area contributed by atoms with Crippen molar-refractivity contribution in [2.75, 3.05) is 26.2 Å². The maximum absolute atomic E-state index is 12.9. The molecule has 0 aliphatic carbocycles. The lowest BCUT2D eigenvalue weighted by molar-refractivity contribution is -0.140. The first-order chi connectivity index (χ1) is 14.5. The van der Waals surface area contributed by atoms with Crippen molar-refractivity contribution >= 4 is 17.4 Å². The second-order valence-electron chi connectivity index (χ2n) is 7.49. The third-order valence-corrected chi connectivity index (χ3v) is 5.60. The summed E-state index contributed by atoms with van der Waals surface area (Å²) in [6.07, 6.45) is 2.37. The lowest BCUT2D eigenvalue weighted by Crippen LogP contribution is -2.33. The number of hydrogen-bond acceptors (Lipinski definition) is 5. The van der Waals surface area contributed by atoms with Crippen LogP contribution in [0.4, 0.5) is 0 Å². The zero-order valence-corrected chi connectivity index (χ0v) is 17.8. The minimum atomic E-state index is -0.691. The molecule has 1 atom stereocenters. The molecule has 1 aromatic heterocycles. The topological polar surface area (TPSA) is 73.7 Å². The zero-order chi connectivity index (χ0) is 21.7. The summed E-state index contributed by atoms with van der Waals surface area (Å²) in [7, 11) is 0. The van der Waals surface area contributed by atoms with Crippen molar-refractivity contribution in [2.45, 2.75) is 33.2 Å². The number of pyridine rings is 1. The monoisotopic (exact) mass is 407 g/mol. The van der Waals surface area contributed by atoms with Crippen LogP contribution in [-0.2, 0) is 9.59 Å². The number of carbonyl (C=O) groups is 2. The number of ketones is 1. The van der Waals surface area contributed by atoms with Gasteiger partial charge in [-0.1, -0.05) is 49.7 Å². The molecule has 6 heteroatoms. The number of aliphatic hydroxyl groups excluding tert-OH is 1. The van der Waals surface area contributed by atoms with Crippen molar-refractivity contribution in [3.8, 4) is 0 Å². The molecule has 30 heavy (non-hydrogen) atoms. The van der Waals surface area contributed by atoms with E-state index in [9.17, 15) is 14.7 Å². The molecule has 1 N–H and O–H groups in total. The average Bonchev–Trinajstić information content (AvgIpc) is 3.02. The number of likely N-dealkylation sites (tertiary alicyclic amines) is 1. The van der Waals surface area contributed by atoms with Gasteiger partial charge in [-0.15, -0.1) is 0 Å². The molecule has 1 fully saturated rings. The number of aromatic nitrogens is 1. The number of nitrogens with zero attached hydrogens (tertiary/aromatic N) is 3. The van der Waals surface area contributed by atoms with Crippen LogP contribution in [-0.4, -0.2) is 57.8 Å². The van der Waals surface area contributed by atoms with E-state index in [4.69, 9.17) is 0 Å².